The molecule has 0 amide bonds. The first-order chi connectivity index (χ1) is 4.31. The smallest absolute Gasteiger partial charge is 0.370 e. The zero-order valence-corrected chi connectivity index (χ0v) is 7.78. The topological polar surface area (TPSA) is 9.23 Å². The highest BCUT2D eigenvalue weighted by Crippen LogP contribution is 2.07. The van der Waals surface area contributed by atoms with Gasteiger partial charge < -0.3 is 4.65 Å². The summed E-state index contributed by atoms with van der Waals surface area (Å²) in [5.74, 6) is 0. The van der Waals surface area contributed by atoms with Gasteiger partial charge in [-0.15, -0.1) is 15.8 Å². The van der Waals surface area contributed by atoms with Crippen molar-refractivity contribution in [1.29, 1.82) is 0 Å². The zero-order chi connectivity index (χ0) is 7.11. The molecule has 3 heteroatoms. The average molecular weight is 193 g/mol. The van der Waals surface area contributed by atoms with E-state index in [1.165, 1.54) is 12.8 Å². The Bertz CT molecular complexity index is 61.0. The average Bonchev–Trinajstić information content (AvgIpc) is 1.85. The lowest BCUT2D eigenvalue weighted by Crippen LogP contribution is -2.08. The Labute approximate surface area is 66.2 Å². The molecule has 0 aliphatic rings. The summed E-state index contributed by atoms with van der Waals surface area (Å²) in [6.07, 6.45) is 3.62. The molecule has 0 saturated heterocycles. The first-order valence-electron chi connectivity index (χ1n) is 3.57. The molecule has 54 valence electrons. The molecule has 0 unspecified atom stereocenters. The van der Waals surface area contributed by atoms with Gasteiger partial charge in [-0.1, -0.05) is 19.8 Å². The van der Waals surface area contributed by atoms with Crippen LogP contribution < -0.4 is 0 Å². The number of hydrogen-bond acceptors (Lipinski definition) is 1. The lowest BCUT2D eigenvalue weighted by molar-refractivity contribution is 0.355. The van der Waals surface area contributed by atoms with E-state index in [4.69, 9.17) is 4.65 Å². The molecule has 0 rings (SSSR count). The van der Waals surface area contributed by atoms with Gasteiger partial charge in [-0.2, -0.15) is 0 Å². The van der Waals surface area contributed by atoms with Crippen molar-refractivity contribution in [2.75, 3.05) is 6.61 Å². The number of rotatable bonds is 5. The zero-order valence-electron chi connectivity index (χ0n) is 6.19. The summed E-state index contributed by atoms with van der Waals surface area (Å²) in [4.78, 5) is 0. The molecule has 0 atom stereocenters. The van der Waals surface area contributed by atoms with E-state index in [0.717, 1.165) is 12.9 Å². The van der Waals surface area contributed by atoms with Crippen LogP contribution in [0.15, 0.2) is 0 Å². The fourth-order valence-corrected chi connectivity index (χ4v) is 1.22. The minimum Gasteiger partial charge on any atom is -0.426 e. The maximum absolute atomic E-state index is 5.26. The van der Waals surface area contributed by atoms with Gasteiger partial charge in [0, 0.05) is 6.61 Å². The molecule has 1 nitrogen and oxygen atoms in total. The molecule has 0 N–H and O–H groups in total. The molecule has 0 aromatic rings. The maximum Gasteiger partial charge on any atom is 0.370 e. The third kappa shape index (κ3) is 6.39. The van der Waals surface area contributed by atoms with Crippen LogP contribution in [0.3, 0.4) is 0 Å². The van der Waals surface area contributed by atoms with Crippen molar-refractivity contribution < 1.29 is 4.65 Å². The summed E-state index contributed by atoms with van der Waals surface area (Å²) in [7, 11) is 0. The van der Waals surface area contributed by atoms with Crippen LogP contribution in [-0.2, 0) is 4.65 Å². The molecule has 0 heterocycles. The third-order valence-electron chi connectivity index (χ3n) is 1.13. The summed E-state index contributed by atoms with van der Waals surface area (Å²) in [5, 5.41) is 0. The van der Waals surface area contributed by atoms with Gasteiger partial charge in [0.2, 0.25) is 0 Å². The standard InChI is InChI=1S/C6H14BBrO/c1-3-5-6-7(8)9-4-2/h3-6H2,1-2H3. The van der Waals surface area contributed by atoms with E-state index in [1.807, 2.05) is 6.92 Å². The fraction of sp³-hybridized carbons (Fsp3) is 1.00. The molecular formula is C6H14BBrO. The van der Waals surface area contributed by atoms with Gasteiger partial charge in [0.1, 0.15) is 0 Å². The second-order valence-corrected chi connectivity index (χ2v) is 3.03. The second-order valence-electron chi connectivity index (χ2n) is 2.01. The van der Waals surface area contributed by atoms with E-state index in [-0.39, 0.29) is 5.74 Å². The minimum absolute atomic E-state index is 0.280. The molecule has 0 aliphatic carbocycles. The quantitative estimate of drug-likeness (QED) is 0.609. The van der Waals surface area contributed by atoms with Gasteiger partial charge in [-0.05, 0) is 13.2 Å². The number of halogens is 1. The molecule has 0 saturated carbocycles. The van der Waals surface area contributed by atoms with Crippen molar-refractivity contribution in [3.05, 3.63) is 0 Å². The molecule has 9 heavy (non-hydrogen) atoms. The van der Waals surface area contributed by atoms with Crippen LogP contribution in [0, 0.1) is 0 Å². The summed E-state index contributed by atoms with van der Waals surface area (Å²) in [5.41, 5.74) is 0.280. The van der Waals surface area contributed by atoms with E-state index >= 15 is 0 Å². The first kappa shape index (κ1) is 9.50. The van der Waals surface area contributed by atoms with Crippen LogP contribution in [0.5, 0.6) is 0 Å². The Balaban J connectivity index is 2.95. The van der Waals surface area contributed by atoms with E-state index in [9.17, 15) is 0 Å². The maximum atomic E-state index is 5.26. The molecule has 0 bridgehead atoms. The number of unbranched alkanes of at least 4 members (excludes halogenated alkanes) is 1. The Morgan fingerprint density at radius 3 is 2.56 bits per heavy atom. The van der Waals surface area contributed by atoms with Crippen LogP contribution in [0.1, 0.15) is 26.7 Å². The highest BCUT2D eigenvalue weighted by atomic mass is 79.9. The van der Waals surface area contributed by atoms with E-state index < -0.39 is 0 Å². The lowest BCUT2D eigenvalue weighted by atomic mass is 9.91. The van der Waals surface area contributed by atoms with Crippen molar-refractivity contribution in [1.82, 2.24) is 0 Å². The molecule has 0 aliphatic heterocycles. The minimum atomic E-state index is 0.280. The van der Waals surface area contributed by atoms with Crippen molar-refractivity contribution in [2.24, 2.45) is 0 Å². The van der Waals surface area contributed by atoms with Gasteiger partial charge in [0.05, 0.1) is 0 Å². The Morgan fingerprint density at radius 2 is 2.11 bits per heavy atom. The first-order valence-corrected chi connectivity index (χ1v) is 4.48. The van der Waals surface area contributed by atoms with Crippen molar-refractivity contribution in [2.45, 2.75) is 33.0 Å². The summed E-state index contributed by atoms with van der Waals surface area (Å²) >= 11 is 3.42. The fourth-order valence-electron chi connectivity index (χ4n) is 0.629. The van der Waals surface area contributed by atoms with Crippen molar-refractivity contribution in [3.63, 3.8) is 0 Å². The Kier molecular flexibility index (Phi) is 6.99. The molecule has 0 aromatic carbocycles. The van der Waals surface area contributed by atoms with Gasteiger partial charge in [-0.25, -0.2) is 0 Å². The normalized spacial score (nSPS) is 9.67. The van der Waals surface area contributed by atoms with Gasteiger partial charge in [0.15, 0.2) is 0 Å². The highest BCUT2D eigenvalue weighted by molar-refractivity contribution is 9.24. The number of hydrogen-bond donors (Lipinski definition) is 0. The van der Waals surface area contributed by atoms with E-state index in [1.54, 1.807) is 0 Å². The largest absolute Gasteiger partial charge is 0.426 e. The third-order valence-corrected chi connectivity index (χ3v) is 1.85. The summed E-state index contributed by atoms with van der Waals surface area (Å²) in [6, 6.07) is 0. The molecule has 0 fully saturated rings. The van der Waals surface area contributed by atoms with Gasteiger partial charge >= 0.3 is 5.74 Å². The van der Waals surface area contributed by atoms with Crippen LogP contribution in [0.2, 0.25) is 6.32 Å². The monoisotopic (exact) mass is 192 g/mol. The lowest BCUT2D eigenvalue weighted by Gasteiger charge is -2.03. The molecule has 0 radical (unpaired) electrons. The van der Waals surface area contributed by atoms with E-state index in [2.05, 4.69) is 22.7 Å². The summed E-state index contributed by atoms with van der Waals surface area (Å²) in [6.45, 7) is 5.01. The van der Waals surface area contributed by atoms with E-state index in [0.29, 0.717) is 0 Å². The van der Waals surface area contributed by atoms with Crippen LogP contribution in [0.25, 0.3) is 0 Å². The Hall–Kier alpha value is 0.505. The molecule has 0 spiro atoms. The Morgan fingerprint density at radius 1 is 1.44 bits per heavy atom. The van der Waals surface area contributed by atoms with Crippen molar-refractivity contribution >= 4 is 21.5 Å². The highest BCUT2D eigenvalue weighted by Gasteiger charge is 2.07. The van der Waals surface area contributed by atoms with Gasteiger partial charge in [0.25, 0.3) is 0 Å². The van der Waals surface area contributed by atoms with Crippen molar-refractivity contribution in [3.8, 4) is 0 Å². The summed E-state index contributed by atoms with van der Waals surface area (Å²) < 4.78 is 5.26. The van der Waals surface area contributed by atoms with Gasteiger partial charge in [-0.3, -0.25) is 0 Å². The molecule has 0 aromatic heterocycles. The van der Waals surface area contributed by atoms with Crippen LogP contribution in [0.4, 0.5) is 0 Å². The predicted octanol–water partition coefficient (Wildman–Crippen LogP) is 2.71. The second kappa shape index (κ2) is 6.62. The predicted molar refractivity (Wildman–Crippen MR) is 46.0 cm³/mol. The SMILES string of the molecule is CCCCB(Br)OCC. The van der Waals surface area contributed by atoms with Crippen LogP contribution in [-0.4, -0.2) is 12.3 Å². The van der Waals surface area contributed by atoms with Crippen LogP contribution >= 0.6 is 15.8 Å². The molecular weight excluding hydrogens is 179 g/mol.